The normalized spacial score (nSPS) is 11.4. The van der Waals surface area contributed by atoms with Crippen molar-refractivity contribution in [1.29, 1.82) is 0 Å². The maximum Gasteiger partial charge on any atom is 0.306 e. The Labute approximate surface area is 208 Å². The summed E-state index contributed by atoms with van der Waals surface area (Å²) in [6, 6.07) is 0. The fourth-order valence-electron chi connectivity index (χ4n) is 3.65. The zero-order valence-electron chi connectivity index (χ0n) is 21.4. The molecule has 0 radical (unpaired) electrons. The average Bonchev–Trinajstić information content (AvgIpc) is 2.79. The summed E-state index contributed by atoms with van der Waals surface area (Å²) in [5.74, 6) is -0.103. The molecule has 0 atom stereocenters. The van der Waals surface area contributed by atoms with Gasteiger partial charge >= 0.3 is 5.97 Å². The molecule has 0 rings (SSSR count). The van der Waals surface area contributed by atoms with Crippen LogP contribution in [-0.2, 0) is 19.0 Å². The van der Waals surface area contributed by atoms with Crippen molar-refractivity contribution in [2.75, 3.05) is 31.8 Å². The van der Waals surface area contributed by atoms with Crippen LogP contribution in [0.4, 0.5) is 0 Å². The number of esters is 1. The molecule has 0 heterocycles. The molecule has 0 aliphatic carbocycles. The van der Waals surface area contributed by atoms with Crippen LogP contribution in [0.15, 0.2) is 0 Å². The van der Waals surface area contributed by atoms with E-state index in [0.717, 1.165) is 44.2 Å². The predicted octanol–water partition coefficient (Wildman–Crippen LogP) is 8.39. The summed E-state index contributed by atoms with van der Waals surface area (Å²) in [4.78, 5) is 12.3. The van der Waals surface area contributed by atoms with E-state index in [9.17, 15) is 4.79 Å². The summed E-state index contributed by atoms with van der Waals surface area (Å²) < 4.78 is 17.3. The summed E-state index contributed by atoms with van der Waals surface area (Å²) >= 11 is 3.48. The predicted molar refractivity (Wildman–Crippen MR) is 140 cm³/mol. The van der Waals surface area contributed by atoms with E-state index in [2.05, 4.69) is 29.8 Å². The Kier molecular flexibility index (Phi) is 27.0. The summed E-state index contributed by atoms with van der Waals surface area (Å²) in [5.41, 5.74) is 0. The minimum absolute atomic E-state index is 0.103. The van der Waals surface area contributed by atoms with Gasteiger partial charge in [-0.2, -0.15) is 0 Å². The van der Waals surface area contributed by atoms with Gasteiger partial charge in [-0.05, 0) is 25.7 Å². The number of unbranched alkanes of at least 4 members (excludes halogenated alkanes) is 14. The van der Waals surface area contributed by atoms with Crippen molar-refractivity contribution in [2.24, 2.45) is 0 Å². The monoisotopic (exact) mass is 520 g/mol. The molecule has 0 amide bonds. The van der Waals surface area contributed by atoms with Gasteiger partial charge in [0.1, 0.15) is 6.10 Å². The van der Waals surface area contributed by atoms with Gasteiger partial charge in [-0.3, -0.25) is 4.79 Å². The standard InChI is InChI=1S/C27H53BrO4/c1-3-5-7-18-22-30-24-26(25-31-23-19-8-6-4-2)32-27(29)20-16-14-12-10-9-11-13-15-17-21-28/h26H,3-25H2,1-2H3. The molecule has 192 valence electrons. The van der Waals surface area contributed by atoms with Crippen LogP contribution in [0.5, 0.6) is 0 Å². The number of alkyl halides is 1. The highest BCUT2D eigenvalue weighted by molar-refractivity contribution is 9.09. The van der Waals surface area contributed by atoms with Gasteiger partial charge in [0.2, 0.25) is 0 Å². The molecule has 32 heavy (non-hydrogen) atoms. The van der Waals surface area contributed by atoms with Gasteiger partial charge in [-0.25, -0.2) is 0 Å². The summed E-state index contributed by atoms with van der Waals surface area (Å²) in [5, 5.41) is 1.13. The molecule has 0 aromatic carbocycles. The highest BCUT2D eigenvalue weighted by Gasteiger charge is 2.15. The van der Waals surface area contributed by atoms with Crippen molar-refractivity contribution in [3.63, 3.8) is 0 Å². The largest absolute Gasteiger partial charge is 0.457 e. The molecule has 0 unspecified atom stereocenters. The number of carbonyl (C=O) groups excluding carboxylic acids is 1. The number of rotatable bonds is 26. The van der Waals surface area contributed by atoms with Gasteiger partial charge in [0.05, 0.1) is 13.2 Å². The molecule has 0 spiro atoms. The Morgan fingerprint density at radius 2 is 1.06 bits per heavy atom. The zero-order valence-corrected chi connectivity index (χ0v) is 22.9. The van der Waals surface area contributed by atoms with Crippen molar-refractivity contribution in [1.82, 2.24) is 0 Å². The summed E-state index contributed by atoms with van der Waals surface area (Å²) in [7, 11) is 0. The van der Waals surface area contributed by atoms with Gasteiger partial charge in [0, 0.05) is 25.0 Å². The second-order valence-electron chi connectivity index (χ2n) is 9.00. The number of carbonyl (C=O) groups is 1. The first-order valence-electron chi connectivity index (χ1n) is 13.7. The Morgan fingerprint density at radius 3 is 1.53 bits per heavy atom. The Bertz CT molecular complexity index is 363. The van der Waals surface area contributed by atoms with E-state index in [1.54, 1.807) is 0 Å². The van der Waals surface area contributed by atoms with Gasteiger partial charge in [0.15, 0.2) is 0 Å². The summed E-state index contributed by atoms with van der Waals surface area (Å²) in [6.07, 6.45) is 20.9. The highest BCUT2D eigenvalue weighted by atomic mass is 79.9. The fraction of sp³-hybridized carbons (Fsp3) is 0.963. The molecule has 0 bridgehead atoms. The van der Waals surface area contributed by atoms with Gasteiger partial charge in [0.25, 0.3) is 0 Å². The number of halogens is 1. The lowest BCUT2D eigenvalue weighted by Gasteiger charge is -2.18. The Morgan fingerprint density at radius 1 is 0.625 bits per heavy atom. The lowest BCUT2D eigenvalue weighted by molar-refractivity contribution is -0.156. The van der Waals surface area contributed by atoms with E-state index in [-0.39, 0.29) is 12.1 Å². The maximum atomic E-state index is 12.3. The third-order valence-corrected chi connectivity index (χ3v) is 6.27. The molecule has 0 N–H and O–H groups in total. The third-order valence-electron chi connectivity index (χ3n) is 5.70. The SMILES string of the molecule is CCCCCCOCC(COCCCCCC)OC(=O)CCCCCCCCCCCBr. The van der Waals surface area contributed by atoms with E-state index < -0.39 is 0 Å². The number of hydrogen-bond acceptors (Lipinski definition) is 4. The van der Waals surface area contributed by atoms with E-state index in [4.69, 9.17) is 14.2 Å². The van der Waals surface area contributed by atoms with Crippen LogP contribution in [0, 0.1) is 0 Å². The lowest BCUT2D eigenvalue weighted by atomic mass is 10.1. The fourth-order valence-corrected chi connectivity index (χ4v) is 4.05. The quantitative estimate of drug-likeness (QED) is 0.0651. The molecule has 0 aliphatic heterocycles. The van der Waals surface area contributed by atoms with Gasteiger partial charge in [-0.1, -0.05) is 113 Å². The summed E-state index contributed by atoms with van der Waals surface area (Å²) in [6.45, 7) is 6.79. The van der Waals surface area contributed by atoms with E-state index in [1.165, 1.54) is 83.5 Å². The minimum atomic E-state index is -0.278. The maximum absolute atomic E-state index is 12.3. The van der Waals surface area contributed by atoms with Crippen LogP contribution in [0.25, 0.3) is 0 Å². The van der Waals surface area contributed by atoms with E-state index in [1.807, 2.05) is 0 Å². The van der Waals surface area contributed by atoms with Crippen LogP contribution in [0.2, 0.25) is 0 Å². The average molecular weight is 522 g/mol. The number of hydrogen-bond donors (Lipinski definition) is 0. The molecule has 4 nitrogen and oxygen atoms in total. The molecular weight excluding hydrogens is 468 g/mol. The Hall–Kier alpha value is -0.130. The van der Waals surface area contributed by atoms with Crippen molar-refractivity contribution in [3.8, 4) is 0 Å². The molecule has 0 aromatic heterocycles. The van der Waals surface area contributed by atoms with Gasteiger partial charge in [-0.15, -0.1) is 0 Å². The Balaban J connectivity index is 3.91. The first-order chi connectivity index (χ1) is 15.7. The lowest BCUT2D eigenvalue weighted by Crippen LogP contribution is -2.29. The molecule has 0 aliphatic rings. The number of ether oxygens (including phenoxy) is 3. The van der Waals surface area contributed by atoms with E-state index >= 15 is 0 Å². The molecule has 0 saturated heterocycles. The molecule has 0 fully saturated rings. The van der Waals surface area contributed by atoms with Crippen LogP contribution < -0.4 is 0 Å². The van der Waals surface area contributed by atoms with Crippen molar-refractivity contribution >= 4 is 21.9 Å². The first-order valence-corrected chi connectivity index (χ1v) is 14.8. The third kappa shape index (κ3) is 24.5. The van der Waals surface area contributed by atoms with Crippen LogP contribution in [-0.4, -0.2) is 43.8 Å². The molecule has 0 saturated carbocycles. The first kappa shape index (κ1) is 31.9. The minimum Gasteiger partial charge on any atom is -0.457 e. The van der Waals surface area contributed by atoms with Crippen LogP contribution in [0.3, 0.4) is 0 Å². The molecule has 5 heteroatoms. The van der Waals surface area contributed by atoms with E-state index in [0.29, 0.717) is 19.6 Å². The second kappa shape index (κ2) is 27.1. The second-order valence-corrected chi connectivity index (χ2v) is 9.80. The smallest absolute Gasteiger partial charge is 0.306 e. The van der Waals surface area contributed by atoms with Crippen LogP contribution in [0.1, 0.15) is 129 Å². The zero-order chi connectivity index (χ0) is 23.5. The molecule has 0 aromatic rings. The van der Waals surface area contributed by atoms with Gasteiger partial charge < -0.3 is 14.2 Å². The van der Waals surface area contributed by atoms with Crippen molar-refractivity contribution < 1.29 is 19.0 Å². The highest BCUT2D eigenvalue weighted by Crippen LogP contribution is 2.12. The van der Waals surface area contributed by atoms with Crippen LogP contribution >= 0.6 is 15.9 Å². The molecular formula is C27H53BrO4. The van der Waals surface area contributed by atoms with Crippen molar-refractivity contribution in [2.45, 2.75) is 136 Å². The topological polar surface area (TPSA) is 44.8 Å². The van der Waals surface area contributed by atoms with Crippen molar-refractivity contribution in [3.05, 3.63) is 0 Å².